The number of hydrogen-bond acceptors (Lipinski definition) is 6. The number of aromatic nitrogens is 5. The quantitative estimate of drug-likeness (QED) is 0.181. The Hall–Kier alpha value is -5.35. The molecule has 3 heterocycles. The Kier molecular flexibility index (Phi) is 7.91. The van der Waals surface area contributed by atoms with Crippen LogP contribution in [0.2, 0.25) is 19.6 Å². The maximum atomic E-state index is 13.4. The summed E-state index contributed by atoms with van der Waals surface area (Å²) in [6.45, 7) is 8.74. The first-order chi connectivity index (χ1) is 21.2. The van der Waals surface area contributed by atoms with Gasteiger partial charge in [-0.3, -0.25) is 10.3 Å². The summed E-state index contributed by atoms with van der Waals surface area (Å²) in [6, 6.07) is 28.6. The number of pyridine rings is 1. The molecule has 3 aromatic carbocycles. The zero-order chi connectivity index (χ0) is 30.7. The van der Waals surface area contributed by atoms with Crippen molar-refractivity contribution < 1.29 is 9.53 Å². The van der Waals surface area contributed by atoms with E-state index in [0.717, 1.165) is 33.0 Å². The highest BCUT2D eigenvalue weighted by Gasteiger charge is 2.23. The molecule has 0 atom stereocenters. The second-order valence-corrected chi connectivity index (χ2v) is 16.6. The molecule has 0 radical (unpaired) electrons. The maximum absolute atomic E-state index is 13.4. The molecule has 6 rings (SSSR count). The lowest BCUT2D eigenvalue weighted by Gasteiger charge is -2.14. The molecule has 9 nitrogen and oxygen atoms in total. The van der Waals surface area contributed by atoms with Gasteiger partial charge in [-0.15, -0.1) is 0 Å². The fourth-order valence-corrected chi connectivity index (χ4v) is 5.73. The van der Waals surface area contributed by atoms with Gasteiger partial charge in [-0.2, -0.15) is 10.1 Å². The normalized spacial score (nSPS) is 11.4. The number of carbonyl (C=O) groups is 1. The molecule has 0 unspecified atom stereocenters. The highest BCUT2D eigenvalue weighted by molar-refractivity contribution is 6.88. The van der Waals surface area contributed by atoms with E-state index in [9.17, 15) is 4.79 Å². The van der Waals surface area contributed by atoms with Gasteiger partial charge in [0.05, 0.1) is 17.8 Å². The number of hydrogen-bond donors (Lipinski definition) is 2. The average molecular weight is 600 g/mol. The molecular weight excluding hydrogens is 567 g/mol. The number of aryl methyl sites for hydroxylation is 1. The van der Waals surface area contributed by atoms with Crippen molar-refractivity contribution in [2.75, 3.05) is 10.6 Å². The number of nitrogens with zero attached hydrogens (tertiary/aromatic N) is 5. The lowest BCUT2D eigenvalue weighted by atomic mass is 10.1. The monoisotopic (exact) mass is 599 g/mol. The Morgan fingerprint density at radius 2 is 1.61 bits per heavy atom. The number of urea groups is 1. The van der Waals surface area contributed by atoms with Gasteiger partial charge < -0.3 is 10.1 Å². The van der Waals surface area contributed by atoms with E-state index in [1.54, 1.807) is 23.1 Å². The van der Waals surface area contributed by atoms with Crippen molar-refractivity contribution in [2.24, 2.45) is 0 Å². The number of carbonyl (C=O) groups excluding carboxylic acids is 1. The summed E-state index contributed by atoms with van der Waals surface area (Å²) in [5.41, 5.74) is 3.57. The van der Waals surface area contributed by atoms with Crippen LogP contribution < -0.4 is 20.7 Å². The van der Waals surface area contributed by atoms with Crippen LogP contribution in [0.1, 0.15) is 17.1 Å². The van der Waals surface area contributed by atoms with Gasteiger partial charge in [0, 0.05) is 40.2 Å². The lowest BCUT2D eigenvalue weighted by Crippen LogP contribution is -2.39. The first kappa shape index (κ1) is 28.8. The van der Waals surface area contributed by atoms with Gasteiger partial charge in [0.2, 0.25) is 5.88 Å². The predicted octanol–water partition coefficient (Wildman–Crippen LogP) is 7.09. The van der Waals surface area contributed by atoms with E-state index in [4.69, 9.17) is 9.84 Å². The van der Waals surface area contributed by atoms with Crippen molar-refractivity contribution in [1.82, 2.24) is 24.7 Å². The zero-order valence-electron chi connectivity index (χ0n) is 25.1. The van der Waals surface area contributed by atoms with Gasteiger partial charge in [-0.1, -0.05) is 67.7 Å². The summed E-state index contributed by atoms with van der Waals surface area (Å²) < 4.78 is 8.02. The van der Waals surface area contributed by atoms with Crippen LogP contribution in [0, 0.1) is 6.92 Å². The number of ether oxygens (including phenoxy) is 1. The fourth-order valence-electron chi connectivity index (χ4n) is 4.76. The predicted molar refractivity (Wildman–Crippen MR) is 177 cm³/mol. The van der Waals surface area contributed by atoms with Gasteiger partial charge >= 0.3 is 6.03 Å². The molecule has 10 heteroatoms. The smallest absolute Gasteiger partial charge is 0.324 e. The molecule has 2 N–H and O–H groups in total. The minimum absolute atomic E-state index is 0.367. The molecule has 0 saturated carbocycles. The number of rotatable bonds is 8. The molecule has 0 saturated heterocycles. The van der Waals surface area contributed by atoms with Crippen LogP contribution in [0.3, 0.4) is 0 Å². The minimum Gasteiger partial charge on any atom is -0.438 e. The van der Waals surface area contributed by atoms with Crippen LogP contribution in [0.15, 0.2) is 103 Å². The first-order valence-electron chi connectivity index (χ1n) is 14.4. The van der Waals surface area contributed by atoms with Crippen molar-refractivity contribution in [3.05, 3.63) is 120 Å². The fraction of sp³-hybridized carbons (Fsp3) is 0.147. The van der Waals surface area contributed by atoms with Gasteiger partial charge in [-0.05, 0) is 49.4 Å². The number of anilines is 2. The van der Waals surface area contributed by atoms with Gasteiger partial charge in [-0.25, -0.2) is 14.5 Å². The summed E-state index contributed by atoms with van der Waals surface area (Å²) in [7, 11) is -1.74. The topological polar surface area (TPSA) is 107 Å². The van der Waals surface area contributed by atoms with Crippen molar-refractivity contribution in [3.63, 3.8) is 0 Å². The summed E-state index contributed by atoms with van der Waals surface area (Å²) >= 11 is 0. The average Bonchev–Trinajstić information content (AvgIpc) is 3.44. The van der Waals surface area contributed by atoms with Crippen LogP contribution in [0.5, 0.6) is 11.6 Å². The molecule has 220 valence electrons. The van der Waals surface area contributed by atoms with E-state index in [2.05, 4.69) is 45.2 Å². The third-order valence-electron chi connectivity index (χ3n) is 7.09. The van der Waals surface area contributed by atoms with E-state index < -0.39 is 8.07 Å². The van der Waals surface area contributed by atoms with E-state index >= 15 is 0 Å². The Bertz CT molecular complexity index is 1930. The first-order valence-corrected chi connectivity index (χ1v) is 17.9. The van der Waals surface area contributed by atoms with Crippen molar-refractivity contribution in [2.45, 2.75) is 33.0 Å². The molecule has 0 aliphatic rings. The minimum atomic E-state index is -1.74. The highest BCUT2D eigenvalue weighted by Crippen LogP contribution is 2.34. The van der Waals surface area contributed by atoms with Crippen LogP contribution in [0.25, 0.3) is 16.5 Å². The Morgan fingerprint density at radius 3 is 2.36 bits per heavy atom. The molecule has 0 spiro atoms. The van der Waals surface area contributed by atoms with E-state index in [1.165, 1.54) is 0 Å². The maximum Gasteiger partial charge on any atom is 0.324 e. The zero-order valence-corrected chi connectivity index (χ0v) is 26.1. The number of amides is 2. The molecule has 0 fully saturated rings. The highest BCUT2D eigenvalue weighted by atomic mass is 28.3. The molecule has 3 aromatic heterocycles. The molecule has 6 aromatic rings. The Labute approximate surface area is 257 Å². The second kappa shape index (κ2) is 12.1. The molecular formula is C34H33N7O2Si. The largest absolute Gasteiger partial charge is 0.438 e. The number of nitrogens with one attached hydrogen (secondary N) is 2. The van der Waals surface area contributed by atoms with Crippen LogP contribution in [0.4, 0.5) is 16.3 Å². The summed E-state index contributed by atoms with van der Waals surface area (Å²) in [4.78, 5) is 26.7. The SMILES string of the molecule is Cc1ccc(-n2nc([Si](C)(C)C)cc2NC(=O)Nc2ccc(Oc3ccnc(Cc4ccccn4)n3)c3ccccc23)cc1. The van der Waals surface area contributed by atoms with Gasteiger partial charge in [0.15, 0.2) is 0 Å². The van der Waals surface area contributed by atoms with E-state index in [0.29, 0.717) is 35.4 Å². The van der Waals surface area contributed by atoms with E-state index in [-0.39, 0.29) is 6.03 Å². The van der Waals surface area contributed by atoms with Crippen molar-refractivity contribution >= 4 is 41.7 Å². The number of benzene rings is 3. The van der Waals surface area contributed by atoms with E-state index in [1.807, 2.05) is 91.9 Å². The molecule has 0 aliphatic heterocycles. The third kappa shape index (κ3) is 6.50. The number of fused-ring (bicyclic) bond motifs is 1. The second-order valence-electron chi connectivity index (χ2n) is 11.6. The van der Waals surface area contributed by atoms with Crippen LogP contribution in [-0.2, 0) is 6.42 Å². The summed E-state index contributed by atoms with van der Waals surface area (Å²) in [6.07, 6.45) is 3.93. The molecule has 0 aliphatic carbocycles. The van der Waals surface area contributed by atoms with Crippen molar-refractivity contribution in [3.8, 4) is 17.3 Å². The Balaban J connectivity index is 1.24. The molecule has 2 amide bonds. The Morgan fingerprint density at radius 1 is 0.841 bits per heavy atom. The molecule has 44 heavy (non-hydrogen) atoms. The van der Waals surface area contributed by atoms with Crippen LogP contribution in [-0.4, -0.2) is 38.8 Å². The standard InChI is InChI=1S/C34H33N7O2Si/c1-23-12-14-25(15-13-23)41-31(22-33(40-41)44(2,3)4)39-34(42)37-28-16-17-29(27-11-6-5-10-26(27)28)43-32-18-20-36-30(38-32)21-24-9-7-8-19-35-24/h5-20,22H,21H2,1-4H3,(H2,37,39,42). The van der Waals surface area contributed by atoms with Gasteiger partial charge in [0.1, 0.15) is 25.5 Å². The lowest BCUT2D eigenvalue weighted by molar-refractivity contribution is 0.262. The summed E-state index contributed by atoms with van der Waals surface area (Å²) in [5, 5.41) is 13.6. The molecule has 0 bridgehead atoms. The summed E-state index contributed by atoms with van der Waals surface area (Å²) in [5.74, 6) is 2.27. The third-order valence-corrected chi connectivity index (χ3v) is 8.87. The van der Waals surface area contributed by atoms with Gasteiger partial charge in [0.25, 0.3) is 0 Å². The van der Waals surface area contributed by atoms with Crippen LogP contribution >= 0.6 is 0 Å². The van der Waals surface area contributed by atoms with Crippen molar-refractivity contribution in [1.29, 1.82) is 0 Å².